The van der Waals surface area contributed by atoms with Crippen LogP contribution in [0.1, 0.15) is 18.4 Å². The summed E-state index contributed by atoms with van der Waals surface area (Å²) in [6.45, 7) is 2.31. The molecule has 0 aliphatic carbocycles. The monoisotopic (exact) mass is 332 g/mol. The van der Waals surface area contributed by atoms with Crippen molar-refractivity contribution in [3.05, 3.63) is 53.3 Å². The first-order chi connectivity index (χ1) is 11.2. The highest BCUT2D eigenvalue weighted by Gasteiger charge is 2.44. The van der Waals surface area contributed by atoms with E-state index in [1.54, 1.807) is 17.9 Å². The van der Waals surface area contributed by atoms with E-state index < -0.39 is 5.54 Å². The highest BCUT2D eigenvalue weighted by molar-refractivity contribution is 6.31. The second kappa shape index (κ2) is 6.72. The summed E-state index contributed by atoms with van der Waals surface area (Å²) in [6, 6.07) is 9.72. The molecule has 1 fully saturated rings. The lowest BCUT2D eigenvalue weighted by Crippen LogP contribution is -2.57. The van der Waals surface area contributed by atoms with Gasteiger partial charge in [0.1, 0.15) is 0 Å². The maximum Gasteiger partial charge on any atom is 0.249 e. The fourth-order valence-corrected chi connectivity index (χ4v) is 3.55. The predicted molar refractivity (Wildman–Crippen MR) is 90.2 cm³/mol. The molecule has 6 heteroatoms. The van der Waals surface area contributed by atoms with Crippen molar-refractivity contribution in [3.8, 4) is 0 Å². The lowest BCUT2D eigenvalue weighted by molar-refractivity contribution is -0.133. The normalized spacial score (nSPS) is 22.0. The fourth-order valence-electron chi connectivity index (χ4n) is 3.36. The Labute approximate surface area is 141 Å². The van der Waals surface area contributed by atoms with Gasteiger partial charge in [-0.1, -0.05) is 29.8 Å². The van der Waals surface area contributed by atoms with E-state index in [-0.39, 0.29) is 5.91 Å². The highest BCUT2D eigenvalue weighted by Crippen LogP contribution is 2.30. The van der Waals surface area contributed by atoms with E-state index in [1.807, 2.05) is 36.5 Å². The number of nitrogens with one attached hydrogen (secondary N) is 1. The summed E-state index contributed by atoms with van der Waals surface area (Å²) in [5.41, 5.74) is 0.430. The predicted octanol–water partition coefficient (Wildman–Crippen LogP) is 2.27. The summed E-state index contributed by atoms with van der Waals surface area (Å²) in [6.07, 6.45) is 5.32. The van der Waals surface area contributed by atoms with E-state index >= 15 is 0 Å². The maximum absolute atomic E-state index is 12.6. The smallest absolute Gasteiger partial charge is 0.249 e. The second-order valence-corrected chi connectivity index (χ2v) is 6.37. The SMILES string of the molecule is CNC(=O)C1(n2cccn2)CCCN(Cc2ccccc2Cl)C1. The van der Waals surface area contributed by atoms with Crippen LogP contribution in [-0.2, 0) is 16.9 Å². The summed E-state index contributed by atoms with van der Waals surface area (Å²) >= 11 is 6.28. The number of rotatable bonds is 4. The molecule has 23 heavy (non-hydrogen) atoms. The van der Waals surface area contributed by atoms with Crippen molar-refractivity contribution in [1.82, 2.24) is 20.0 Å². The molecule has 1 saturated heterocycles. The zero-order chi connectivity index (χ0) is 16.3. The van der Waals surface area contributed by atoms with Crippen LogP contribution < -0.4 is 5.32 Å². The molecule has 1 atom stereocenters. The van der Waals surface area contributed by atoms with E-state index in [0.29, 0.717) is 6.54 Å². The fraction of sp³-hybridized carbons (Fsp3) is 0.412. The van der Waals surface area contributed by atoms with Crippen molar-refractivity contribution in [1.29, 1.82) is 0 Å². The second-order valence-electron chi connectivity index (χ2n) is 5.97. The zero-order valence-corrected chi connectivity index (χ0v) is 14.0. The van der Waals surface area contributed by atoms with Crippen LogP contribution in [0.3, 0.4) is 0 Å². The first-order valence-corrected chi connectivity index (χ1v) is 8.21. The van der Waals surface area contributed by atoms with Crippen LogP contribution in [0, 0.1) is 0 Å². The number of piperidine rings is 1. The summed E-state index contributed by atoms with van der Waals surface area (Å²) in [5, 5.41) is 7.92. The number of carbonyl (C=O) groups excluding carboxylic acids is 1. The Kier molecular flexibility index (Phi) is 4.68. The third-order valence-corrected chi connectivity index (χ3v) is 4.86. The van der Waals surface area contributed by atoms with E-state index in [0.717, 1.165) is 36.5 Å². The number of hydrogen-bond acceptors (Lipinski definition) is 3. The van der Waals surface area contributed by atoms with Gasteiger partial charge < -0.3 is 5.32 Å². The third kappa shape index (κ3) is 3.12. The lowest BCUT2D eigenvalue weighted by atomic mass is 9.87. The quantitative estimate of drug-likeness (QED) is 0.934. The number of carbonyl (C=O) groups is 1. The van der Waals surface area contributed by atoms with Gasteiger partial charge in [0, 0.05) is 37.6 Å². The molecule has 122 valence electrons. The lowest BCUT2D eigenvalue weighted by Gasteiger charge is -2.41. The number of nitrogens with zero attached hydrogens (tertiary/aromatic N) is 3. The van der Waals surface area contributed by atoms with Gasteiger partial charge in [-0.2, -0.15) is 5.10 Å². The van der Waals surface area contributed by atoms with Crippen molar-refractivity contribution >= 4 is 17.5 Å². The van der Waals surface area contributed by atoms with Gasteiger partial charge in [0.2, 0.25) is 5.91 Å². The van der Waals surface area contributed by atoms with Crippen molar-refractivity contribution in [3.63, 3.8) is 0 Å². The van der Waals surface area contributed by atoms with E-state index in [9.17, 15) is 4.79 Å². The summed E-state index contributed by atoms with van der Waals surface area (Å²) in [7, 11) is 1.68. The Balaban J connectivity index is 1.85. The summed E-state index contributed by atoms with van der Waals surface area (Å²) in [5.74, 6) is 0.00468. The van der Waals surface area contributed by atoms with E-state index in [4.69, 9.17) is 11.6 Å². The average molecular weight is 333 g/mol. The number of aromatic nitrogens is 2. The maximum atomic E-state index is 12.6. The largest absolute Gasteiger partial charge is 0.357 e. The van der Waals surface area contributed by atoms with Crippen LogP contribution in [0.2, 0.25) is 5.02 Å². The molecule has 1 aliphatic heterocycles. The standard InChI is InChI=1S/C17H21ClN4O/c1-19-16(23)17(22-11-5-9-20-22)8-4-10-21(13-17)12-14-6-2-3-7-15(14)18/h2-3,5-7,9,11H,4,8,10,12-13H2,1H3,(H,19,23). The van der Waals surface area contributed by atoms with Gasteiger partial charge in [-0.3, -0.25) is 14.4 Å². The van der Waals surface area contributed by atoms with Crippen LogP contribution in [0.15, 0.2) is 42.7 Å². The molecule has 3 rings (SSSR count). The summed E-state index contributed by atoms with van der Waals surface area (Å²) < 4.78 is 1.80. The van der Waals surface area contributed by atoms with Gasteiger partial charge in [0.25, 0.3) is 0 Å². The number of amides is 1. The number of likely N-dealkylation sites (N-methyl/N-ethyl adjacent to an activating group) is 1. The van der Waals surface area contributed by atoms with Gasteiger partial charge in [-0.25, -0.2) is 0 Å². The first-order valence-electron chi connectivity index (χ1n) is 7.84. The van der Waals surface area contributed by atoms with Gasteiger partial charge >= 0.3 is 0 Å². The van der Waals surface area contributed by atoms with Crippen LogP contribution >= 0.6 is 11.6 Å². The van der Waals surface area contributed by atoms with Gasteiger partial charge in [-0.15, -0.1) is 0 Å². The van der Waals surface area contributed by atoms with Crippen LogP contribution in [0.4, 0.5) is 0 Å². The number of benzene rings is 1. The Morgan fingerprint density at radius 1 is 1.39 bits per heavy atom. The van der Waals surface area contributed by atoms with Crippen LogP contribution in [-0.4, -0.2) is 40.7 Å². The van der Waals surface area contributed by atoms with Crippen LogP contribution in [0.5, 0.6) is 0 Å². The number of hydrogen-bond donors (Lipinski definition) is 1. The number of halogens is 1. The van der Waals surface area contributed by atoms with Crippen LogP contribution in [0.25, 0.3) is 0 Å². The molecule has 1 unspecified atom stereocenters. The first kappa shape index (κ1) is 16.0. The molecular formula is C17H21ClN4O. The molecule has 0 spiro atoms. The Hall–Kier alpha value is -1.85. The van der Waals surface area contributed by atoms with Gasteiger partial charge in [0.05, 0.1) is 0 Å². The Morgan fingerprint density at radius 2 is 2.22 bits per heavy atom. The molecule has 0 bridgehead atoms. The van der Waals surface area contributed by atoms with Crippen molar-refractivity contribution < 1.29 is 4.79 Å². The minimum Gasteiger partial charge on any atom is -0.357 e. The Morgan fingerprint density at radius 3 is 2.91 bits per heavy atom. The molecule has 2 heterocycles. The molecule has 1 aliphatic rings. The molecule has 0 saturated carbocycles. The zero-order valence-electron chi connectivity index (χ0n) is 13.2. The van der Waals surface area contributed by atoms with E-state index in [2.05, 4.69) is 15.3 Å². The highest BCUT2D eigenvalue weighted by atomic mass is 35.5. The van der Waals surface area contributed by atoms with Crippen molar-refractivity contribution in [2.45, 2.75) is 24.9 Å². The van der Waals surface area contributed by atoms with Crippen molar-refractivity contribution in [2.75, 3.05) is 20.1 Å². The third-order valence-electron chi connectivity index (χ3n) is 4.49. The topological polar surface area (TPSA) is 50.2 Å². The summed E-state index contributed by atoms with van der Waals surface area (Å²) in [4.78, 5) is 14.9. The van der Waals surface area contributed by atoms with Gasteiger partial charge in [0.15, 0.2) is 5.54 Å². The minimum absolute atomic E-state index is 0.00468. The van der Waals surface area contributed by atoms with Crippen molar-refractivity contribution in [2.24, 2.45) is 0 Å². The molecule has 2 aromatic rings. The van der Waals surface area contributed by atoms with Gasteiger partial charge in [-0.05, 0) is 37.1 Å². The minimum atomic E-state index is -0.655. The average Bonchev–Trinajstić information content (AvgIpc) is 3.11. The molecule has 0 radical (unpaired) electrons. The molecule has 1 aromatic heterocycles. The molecule has 1 N–H and O–H groups in total. The number of likely N-dealkylation sites (tertiary alicyclic amines) is 1. The Bertz CT molecular complexity index is 673. The molecular weight excluding hydrogens is 312 g/mol. The van der Waals surface area contributed by atoms with E-state index in [1.165, 1.54) is 0 Å². The molecule has 1 amide bonds. The molecule has 1 aromatic carbocycles. The molecule has 5 nitrogen and oxygen atoms in total.